The Morgan fingerprint density at radius 2 is 0.923 bits per heavy atom. The van der Waals surface area contributed by atoms with E-state index in [1.807, 2.05) is 0 Å². The molecule has 0 bridgehead atoms. The van der Waals surface area contributed by atoms with Crippen LogP contribution in [0.1, 0.15) is 0 Å². The third-order valence-corrected chi connectivity index (χ3v) is 0.548. The summed E-state index contributed by atoms with van der Waals surface area (Å²) in [4.78, 5) is 0. The summed E-state index contributed by atoms with van der Waals surface area (Å²) >= 11 is 0. The molecule has 0 aromatic carbocycles. The molecule has 76 valence electrons. The van der Waals surface area contributed by atoms with E-state index in [0.29, 0.717) is 0 Å². The predicted octanol–water partition coefficient (Wildman–Crippen LogP) is -2.51. The van der Waals surface area contributed by atoms with Crippen LogP contribution in [-0.4, -0.2) is 74.2 Å². The van der Waals surface area contributed by atoms with Gasteiger partial charge in [-0.2, -0.15) is 0 Å². The summed E-state index contributed by atoms with van der Waals surface area (Å²) < 4.78 is 58.5. The maximum absolute atomic E-state index is 8.97. The van der Waals surface area contributed by atoms with Gasteiger partial charge in [-0.25, -0.2) is 27.4 Å². The molecule has 0 atom stereocenters. The van der Waals surface area contributed by atoms with Gasteiger partial charge in [0, 0.05) is 0 Å². The van der Waals surface area contributed by atoms with E-state index in [0.717, 1.165) is 0 Å². The molecule has 0 saturated carbocycles. The zero-order chi connectivity index (χ0) is 10.4. The van der Waals surface area contributed by atoms with E-state index in [2.05, 4.69) is 8.67 Å². The van der Waals surface area contributed by atoms with Crippen LogP contribution in [0.25, 0.3) is 0 Å². The van der Waals surface area contributed by atoms with Gasteiger partial charge in [0.1, 0.15) is 0 Å². The van der Waals surface area contributed by atoms with Crippen LogP contribution in [0.2, 0.25) is 0 Å². The zero-order valence-electron chi connectivity index (χ0n) is 5.68. The van der Waals surface area contributed by atoms with E-state index < -0.39 is 20.8 Å². The Kier molecular flexibility index (Phi) is 12.4. The van der Waals surface area contributed by atoms with Crippen molar-refractivity contribution in [3.8, 4) is 0 Å². The molecule has 0 amide bonds. The van der Waals surface area contributed by atoms with Crippen LogP contribution >= 0.6 is 0 Å². The van der Waals surface area contributed by atoms with Crippen LogP contribution in [0.4, 0.5) is 0 Å². The van der Waals surface area contributed by atoms with Crippen LogP contribution < -0.4 is 0 Å². The molecule has 13 heteroatoms. The first kappa shape index (κ1) is 19.5. The van der Waals surface area contributed by atoms with E-state index in [-0.39, 0.29) is 37.7 Å². The summed E-state index contributed by atoms with van der Waals surface area (Å²) in [6.45, 7) is 0. The number of rotatable bonds is 2. The second-order valence-electron chi connectivity index (χ2n) is 0.966. The first-order chi connectivity index (χ1) is 5.12. The molecular formula is H2CaO10S2. The quantitative estimate of drug-likeness (QED) is 0.178. The van der Waals surface area contributed by atoms with Gasteiger partial charge >= 0.3 is 37.7 Å². The second kappa shape index (κ2) is 8.25. The minimum Gasteiger partial charge on any atom is -0.724 e. The van der Waals surface area contributed by atoms with Crippen LogP contribution in [0.15, 0.2) is 0 Å². The van der Waals surface area contributed by atoms with Crippen LogP contribution in [0.5, 0.6) is 0 Å². The minimum atomic E-state index is -4.86. The third kappa shape index (κ3) is 32.2. The van der Waals surface area contributed by atoms with Gasteiger partial charge in [0.15, 0.2) is 0 Å². The zero-order valence-corrected chi connectivity index (χ0v) is 9.53. The fourth-order valence-corrected chi connectivity index (χ4v) is 0. The molecule has 0 fully saturated rings. The van der Waals surface area contributed by atoms with Crippen molar-refractivity contribution < 1.29 is 45.1 Å². The average molecular weight is 266 g/mol. The molecule has 0 aromatic heterocycles. The second-order valence-corrected chi connectivity index (χ2v) is 2.90. The van der Waals surface area contributed by atoms with Crippen LogP contribution in [0, 0.1) is 0 Å². The molecule has 0 unspecified atom stereocenters. The first-order valence-corrected chi connectivity index (χ1v) is 4.37. The summed E-state index contributed by atoms with van der Waals surface area (Å²) in [7, 11) is -9.71. The molecular weight excluding hydrogens is 264 g/mol. The Morgan fingerprint density at radius 3 is 0.923 bits per heavy atom. The molecule has 0 aromatic rings. The molecule has 2 N–H and O–H groups in total. The molecule has 0 aliphatic carbocycles. The number of hydrogen-bond donors (Lipinski definition) is 2. The fourth-order valence-electron chi connectivity index (χ4n) is 0. The van der Waals surface area contributed by atoms with E-state index in [9.17, 15) is 0 Å². The predicted molar refractivity (Wildman–Crippen MR) is 32.6 cm³/mol. The summed E-state index contributed by atoms with van der Waals surface area (Å²) in [5.41, 5.74) is 0. The smallest absolute Gasteiger partial charge is 0.724 e. The van der Waals surface area contributed by atoms with Gasteiger partial charge in [-0.15, -0.1) is 8.67 Å². The van der Waals surface area contributed by atoms with Crippen molar-refractivity contribution in [1.82, 2.24) is 0 Å². The van der Waals surface area contributed by atoms with E-state index in [4.69, 9.17) is 36.5 Å². The van der Waals surface area contributed by atoms with Gasteiger partial charge in [-0.3, -0.25) is 0 Å². The van der Waals surface area contributed by atoms with Crippen molar-refractivity contribution >= 4 is 58.5 Å². The molecule has 0 rings (SSSR count). The van der Waals surface area contributed by atoms with Crippen LogP contribution in [-0.2, 0) is 29.5 Å². The molecule has 0 aliphatic rings. The SMILES string of the molecule is O=S(=O)([O-])OO.O=S(=O)([O-])OO.[Ca+2]. The average Bonchev–Trinajstić information content (AvgIpc) is 1.86. The van der Waals surface area contributed by atoms with Gasteiger partial charge in [-0.1, -0.05) is 0 Å². The van der Waals surface area contributed by atoms with Gasteiger partial charge in [0.25, 0.3) is 0 Å². The van der Waals surface area contributed by atoms with Gasteiger partial charge < -0.3 is 9.11 Å². The fraction of sp³-hybridized carbons (Fsp3) is 0. The standard InChI is InChI=1S/Ca.2H2O5S/c;2*1-5-6(2,3)4/h;2*1H,(H,2,3,4)/q+2;;/p-2. The van der Waals surface area contributed by atoms with Crippen molar-refractivity contribution in [1.29, 1.82) is 0 Å². The molecule has 10 nitrogen and oxygen atoms in total. The van der Waals surface area contributed by atoms with Crippen molar-refractivity contribution in [3.05, 3.63) is 0 Å². The molecule has 0 heterocycles. The Bertz CT molecular complexity index is 249. The van der Waals surface area contributed by atoms with Crippen molar-refractivity contribution in [3.63, 3.8) is 0 Å². The van der Waals surface area contributed by atoms with Gasteiger partial charge in [0.2, 0.25) is 20.8 Å². The molecule has 0 saturated heterocycles. The topological polar surface area (TPSA) is 173 Å². The Labute approximate surface area is 103 Å². The molecule has 13 heavy (non-hydrogen) atoms. The Morgan fingerprint density at radius 1 is 0.846 bits per heavy atom. The Hall–Kier alpha value is 0.920. The summed E-state index contributed by atoms with van der Waals surface area (Å²) in [5, 5.41) is 14.0. The first-order valence-electron chi connectivity index (χ1n) is 1.70. The maximum Gasteiger partial charge on any atom is 2.00 e. The van der Waals surface area contributed by atoms with Crippen molar-refractivity contribution in [2.45, 2.75) is 0 Å². The molecule has 0 spiro atoms. The van der Waals surface area contributed by atoms with E-state index in [1.54, 1.807) is 0 Å². The van der Waals surface area contributed by atoms with E-state index >= 15 is 0 Å². The van der Waals surface area contributed by atoms with Gasteiger partial charge in [-0.05, 0) is 0 Å². The largest absolute Gasteiger partial charge is 2.00 e. The van der Waals surface area contributed by atoms with Crippen molar-refractivity contribution in [2.24, 2.45) is 0 Å². The van der Waals surface area contributed by atoms with E-state index in [1.165, 1.54) is 0 Å². The van der Waals surface area contributed by atoms with Gasteiger partial charge in [0.05, 0.1) is 0 Å². The number of hydrogen-bond acceptors (Lipinski definition) is 10. The van der Waals surface area contributed by atoms with Crippen molar-refractivity contribution in [2.75, 3.05) is 0 Å². The summed E-state index contributed by atoms with van der Waals surface area (Å²) in [5.74, 6) is 0. The summed E-state index contributed by atoms with van der Waals surface area (Å²) in [6.07, 6.45) is 0. The molecule has 0 radical (unpaired) electrons. The minimum absolute atomic E-state index is 0. The molecule has 0 aliphatic heterocycles. The van der Waals surface area contributed by atoms with Crippen LogP contribution in [0.3, 0.4) is 0 Å². The monoisotopic (exact) mass is 266 g/mol. The summed E-state index contributed by atoms with van der Waals surface area (Å²) in [6, 6.07) is 0. The third-order valence-electron chi connectivity index (χ3n) is 0.183. The normalized spacial score (nSPS) is 10.8. The Balaban J connectivity index is -0.000000143. The maximum atomic E-state index is 8.97.